The van der Waals surface area contributed by atoms with E-state index in [1.165, 1.54) is 0 Å². The van der Waals surface area contributed by atoms with Gasteiger partial charge in [-0.15, -0.1) is 0 Å². The van der Waals surface area contributed by atoms with Crippen molar-refractivity contribution in [2.45, 2.75) is 19.4 Å². The van der Waals surface area contributed by atoms with Gasteiger partial charge in [0.05, 0.1) is 0 Å². The van der Waals surface area contributed by atoms with Gasteiger partial charge in [-0.1, -0.05) is 0 Å². The molecule has 0 spiro atoms. The molecular formula is C10H14N2O. The molecule has 0 aliphatic carbocycles. The third-order valence-electron chi connectivity index (χ3n) is 1.95. The summed E-state index contributed by atoms with van der Waals surface area (Å²) in [6.07, 6.45) is 4.00. The van der Waals surface area contributed by atoms with Crippen LogP contribution in [0.15, 0.2) is 24.5 Å². The van der Waals surface area contributed by atoms with Crippen LogP contribution in [0, 0.1) is 0 Å². The van der Waals surface area contributed by atoms with Crippen LogP contribution in [0.2, 0.25) is 0 Å². The smallest absolute Gasteiger partial charge is 0.131 e. The zero-order valence-corrected chi connectivity index (χ0v) is 7.95. The second-order valence-corrected chi connectivity index (χ2v) is 3.03. The van der Waals surface area contributed by atoms with Crippen molar-refractivity contribution in [3.05, 3.63) is 30.1 Å². The van der Waals surface area contributed by atoms with E-state index in [0.29, 0.717) is 6.42 Å². The summed E-state index contributed by atoms with van der Waals surface area (Å²) in [5, 5.41) is 3.10. The molecule has 0 amide bonds. The highest BCUT2D eigenvalue weighted by molar-refractivity contribution is 5.76. The lowest BCUT2D eigenvalue weighted by Gasteiger charge is -2.14. The number of Topliss-reactive ketones (excluding diaryl/α,β-unsaturated/α-hetero) is 1. The molecule has 0 radical (unpaired) electrons. The van der Waals surface area contributed by atoms with E-state index >= 15 is 0 Å². The Hall–Kier alpha value is -1.22. The van der Waals surface area contributed by atoms with E-state index in [2.05, 4.69) is 10.3 Å². The number of carbonyl (C=O) groups is 1. The first kappa shape index (κ1) is 9.86. The van der Waals surface area contributed by atoms with Crippen molar-refractivity contribution in [1.29, 1.82) is 0 Å². The lowest BCUT2D eigenvalue weighted by molar-refractivity contribution is -0.117. The van der Waals surface area contributed by atoms with Crippen molar-refractivity contribution < 1.29 is 4.79 Å². The van der Waals surface area contributed by atoms with Gasteiger partial charge in [-0.25, -0.2) is 0 Å². The molecule has 0 fully saturated rings. The van der Waals surface area contributed by atoms with Crippen LogP contribution in [0.1, 0.15) is 24.9 Å². The summed E-state index contributed by atoms with van der Waals surface area (Å²) in [5.41, 5.74) is 1.10. The molecule has 1 rings (SSSR count). The molecule has 1 aromatic heterocycles. The predicted molar refractivity (Wildman–Crippen MR) is 51.3 cm³/mol. The Kier molecular flexibility index (Phi) is 3.58. The highest BCUT2D eigenvalue weighted by Crippen LogP contribution is 2.14. The number of hydrogen-bond acceptors (Lipinski definition) is 3. The maximum absolute atomic E-state index is 10.9. The molecule has 3 nitrogen and oxygen atoms in total. The number of hydrogen-bond donors (Lipinski definition) is 1. The molecule has 1 heterocycles. The van der Waals surface area contributed by atoms with Crippen molar-refractivity contribution >= 4 is 5.78 Å². The first-order chi connectivity index (χ1) is 6.24. The third kappa shape index (κ3) is 2.95. The van der Waals surface area contributed by atoms with E-state index < -0.39 is 0 Å². The fraction of sp³-hybridized carbons (Fsp3) is 0.400. The van der Waals surface area contributed by atoms with E-state index in [0.717, 1.165) is 5.56 Å². The van der Waals surface area contributed by atoms with Crippen LogP contribution in [-0.4, -0.2) is 17.8 Å². The van der Waals surface area contributed by atoms with Crippen molar-refractivity contribution in [1.82, 2.24) is 10.3 Å². The molecule has 0 bridgehead atoms. The maximum Gasteiger partial charge on any atom is 0.131 e. The number of rotatable bonds is 4. The normalized spacial score (nSPS) is 12.5. The van der Waals surface area contributed by atoms with Crippen LogP contribution in [0.25, 0.3) is 0 Å². The van der Waals surface area contributed by atoms with E-state index in [9.17, 15) is 4.79 Å². The van der Waals surface area contributed by atoms with Gasteiger partial charge < -0.3 is 5.32 Å². The van der Waals surface area contributed by atoms with Crippen LogP contribution in [0.3, 0.4) is 0 Å². The molecule has 0 aliphatic heterocycles. The number of nitrogens with zero attached hydrogens (tertiary/aromatic N) is 1. The van der Waals surface area contributed by atoms with E-state index in [-0.39, 0.29) is 11.8 Å². The number of aromatic nitrogens is 1. The standard InChI is InChI=1S/C10H14N2O/c1-8(13)7-10(11-2)9-3-5-12-6-4-9/h3-6,10-11H,7H2,1-2H3. The SMILES string of the molecule is CNC(CC(C)=O)c1ccncc1. The Morgan fingerprint density at radius 3 is 2.62 bits per heavy atom. The Morgan fingerprint density at radius 2 is 2.15 bits per heavy atom. The molecule has 3 heteroatoms. The molecule has 0 saturated carbocycles. The summed E-state index contributed by atoms with van der Waals surface area (Å²) < 4.78 is 0. The van der Waals surface area contributed by atoms with E-state index in [1.807, 2.05) is 19.2 Å². The average Bonchev–Trinajstić information content (AvgIpc) is 2.15. The number of carbonyl (C=O) groups excluding carboxylic acids is 1. The average molecular weight is 178 g/mol. The van der Waals surface area contributed by atoms with Crippen molar-refractivity contribution in [2.75, 3.05) is 7.05 Å². The molecule has 0 aliphatic rings. The van der Waals surface area contributed by atoms with Crippen LogP contribution in [0.5, 0.6) is 0 Å². The second-order valence-electron chi connectivity index (χ2n) is 3.03. The van der Waals surface area contributed by atoms with Gasteiger partial charge in [-0.2, -0.15) is 0 Å². The molecule has 1 aromatic rings. The van der Waals surface area contributed by atoms with E-state index in [4.69, 9.17) is 0 Å². The van der Waals surface area contributed by atoms with Crippen molar-refractivity contribution in [2.24, 2.45) is 0 Å². The van der Waals surface area contributed by atoms with Gasteiger partial charge >= 0.3 is 0 Å². The minimum absolute atomic E-state index is 0.112. The van der Waals surface area contributed by atoms with Gasteiger partial charge in [0, 0.05) is 24.9 Å². The summed E-state index contributed by atoms with van der Waals surface area (Å²) in [7, 11) is 1.86. The molecular weight excluding hydrogens is 164 g/mol. The Bertz CT molecular complexity index is 272. The first-order valence-corrected chi connectivity index (χ1v) is 4.30. The fourth-order valence-corrected chi connectivity index (χ4v) is 1.27. The summed E-state index contributed by atoms with van der Waals surface area (Å²) >= 11 is 0. The Labute approximate surface area is 78.2 Å². The highest BCUT2D eigenvalue weighted by atomic mass is 16.1. The van der Waals surface area contributed by atoms with Gasteiger partial charge in [-0.05, 0) is 31.7 Å². The predicted octanol–water partition coefficient (Wildman–Crippen LogP) is 1.32. The van der Waals surface area contributed by atoms with Gasteiger partial charge in [0.15, 0.2) is 0 Å². The van der Waals surface area contributed by atoms with Crippen molar-refractivity contribution in [3.63, 3.8) is 0 Å². The van der Waals surface area contributed by atoms with Crippen LogP contribution in [-0.2, 0) is 4.79 Å². The highest BCUT2D eigenvalue weighted by Gasteiger charge is 2.10. The minimum Gasteiger partial charge on any atom is -0.313 e. The molecule has 13 heavy (non-hydrogen) atoms. The first-order valence-electron chi connectivity index (χ1n) is 4.30. The van der Waals surface area contributed by atoms with Crippen molar-refractivity contribution in [3.8, 4) is 0 Å². The zero-order valence-electron chi connectivity index (χ0n) is 7.95. The quantitative estimate of drug-likeness (QED) is 0.756. The zero-order chi connectivity index (χ0) is 9.68. The van der Waals surface area contributed by atoms with Gasteiger partial charge in [0.1, 0.15) is 5.78 Å². The third-order valence-corrected chi connectivity index (χ3v) is 1.95. The minimum atomic E-state index is 0.112. The molecule has 70 valence electrons. The molecule has 1 atom stereocenters. The second kappa shape index (κ2) is 4.72. The monoisotopic (exact) mass is 178 g/mol. The van der Waals surface area contributed by atoms with E-state index in [1.54, 1.807) is 19.3 Å². The van der Waals surface area contributed by atoms with Gasteiger partial charge in [0.2, 0.25) is 0 Å². The van der Waals surface area contributed by atoms with Gasteiger partial charge in [-0.3, -0.25) is 9.78 Å². The lowest BCUT2D eigenvalue weighted by atomic mass is 10.0. The maximum atomic E-state index is 10.9. The van der Waals surface area contributed by atoms with Crippen LogP contribution >= 0.6 is 0 Å². The lowest BCUT2D eigenvalue weighted by Crippen LogP contribution is -2.18. The molecule has 0 saturated heterocycles. The van der Waals surface area contributed by atoms with Crippen LogP contribution < -0.4 is 5.32 Å². The molecule has 1 N–H and O–H groups in total. The number of ketones is 1. The summed E-state index contributed by atoms with van der Waals surface area (Å²) in [6, 6.07) is 3.95. The topological polar surface area (TPSA) is 42.0 Å². The number of pyridine rings is 1. The summed E-state index contributed by atoms with van der Waals surface area (Å²) in [6.45, 7) is 1.60. The summed E-state index contributed by atoms with van der Waals surface area (Å²) in [4.78, 5) is 14.9. The van der Waals surface area contributed by atoms with Crippen LogP contribution in [0.4, 0.5) is 0 Å². The molecule has 0 aromatic carbocycles. The Balaban J connectivity index is 2.73. The van der Waals surface area contributed by atoms with Gasteiger partial charge in [0.25, 0.3) is 0 Å². The molecule has 1 unspecified atom stereocenters. The fourth-order valence-electron chi connectivity index (χ4n) is 1.27. The number of nitrogens with one attached hydrogen (secondary N) is 1. The summed E-state index contributed by atoms with van der Waals surface area (Å²) in [5.74, 6) is 0.191. The Morgan fingerprint density at radius 1 is 1.54 bits per heavy atom. The largest absolute Gasteiger partial charge is 0.313 e.